The van der Waals surface area contributed by atoms with Crippen LogP contribution in [0.3, 0.4) is 0 Å². The number of amides is 4. The fraction of sp³-hybridized carbons (Fsp3) is 0.414. The Hall–Kier alpha value is -3.93. The number of hydrogen-bond acceptors (Lipinski definition) is 7. The molecule has 40 heavy (non-hydrogen) atoms. The number of aromatic nitrogens is 1. The van der Waals surface area contributed by atoms with E-state index in [9.17, 15) is 14.4 Å². The summed E-state index contributed by atoms with van der Waals surface area (Å²) in [6, 6.07) is 12.7. The van der Waals surface area contributed by atoms with Crippen LogP contribution in [0.4, 0.5) is 4.79 Å². The summed E-state index contributed by atoms with van der Waals surface area (Å²) in [7, 11) is 1.54. The molecule has 2 saturated heterocycles. The maximum absolute atomic E-state index is 13.3. The maximum atomic E-state index is 13.3. The third-order valence-corrected chi connectivity index (χ3v) is 8.11. The zero-order valence-corrected chi connectivity index (χ0v) is 22.5. The highest BCUT2D eigenvalue weighted by atomic mass is 16.5. The first kappa shape index (κ1) is 26.3. The standard InChI is InChI=1S/C29H33N5O6/c1-31-28(36)23-17-33(29(31)37)18-25-26(23)22-15-21(40-12-2-9-32-10-13-39-14-11-32)7-8-24(22)34(25)16-19-3-5-20(6-4-19)27(35)30-38/h3-8,15,23,38H,2,9-14,16-18H2,1H3,(H,30,35). The van der Waals surface area contributed by atoms with Gasteiger partial charge in [0.1, 0.15) is 5.75 Å². The van der Waals surface area contributed by atoms with E-state index in [1.54, 1.807) is 29.6 Å². The maximum Gasteiger partial charge on any atom is 0.326 e. The Balaban J connectivity index is 1.31. The molecule has 6 rings (SSSR count). The van der Waals surface area contributed by atoms with E-state index in [0.717, 1.165) is 72.7 Å². The lowest BCUT2D eigenvalue weighted by atomic mass is 9.89. The van der Waals surface area contributed by atoms with E-state index in [4.69, 9.17) is 14.7 Å². The Labute approximate surface area is 231 Å². The van der Waals surface area contributed by atoms with Gasteiger partial charge in [0.05, 0.1) is 32.3 Å². The predicted molar refractivity (Wildman–Crippen MR) is 145 cm³/mol. The number of likely N-dealkylation sites (N-methyl/N-ethyl adjacent to an activating group) is 1. The molecule has 11 nitrogen and oxygen atoms in total. The van der Waals surface area contributed by atoms with Crippen molar-refractivity contribution in [1.82, 2.24) is 24.7 Å². The van der Waals surface area contributed by atoms with Gasteiger partial charge in [0.15, 0.2) is 0 Å². The number of carbonyl (C=O) groups is 3. The molecule has 0 saturated carbocycles. The van der Waals surface area contributed by atoms with E-state index in [2.05, 4.69) is 9.47 Å². The van der Waals surface area contributed by atoms with Crippen molar-refractivity contribution in [1.29, 1.82) is 0 Å². The minimum atomic E-state index is -0.574. The Morgan fingerprint density at radius 3 is 2.65 bits per heavy atom. The Morgan fingerprint density at radius 2 is 1.90 bits per heavy atom. The lowest BCUT2D eigenvalue weighted by Crippen LogP contribution is -2.56. The van der Waals surface area contributed by atoms with Crippen molar-refractivity contribution in [2.24, 2.45) is 0 Å². The fourth-order valence-electron chi connectivity index (χ4n) is 6.00. The van der Waals surface area contributed by atoms with E-state index >= 15 is 0 Å². The molecule has 3 aliphatic rings. The van der Waals surface area contributed by atoms with E-state index < -0.39 is 11.8 Å². The molecule has 2 bridgehead atoms. The first-order chi connectivity index (χ1) is 19.4. The van der Waals surface area contributed by atoms with Crippen LogP contribution in [0.15, 0.2) is 42.5 Å². The smallest absolute Gasteiger partial charge is 0.326 e. The second kappa shape index (κ2) is 10.9. The van der Waals surface area contributed by atoms with Crippen molar-refractivity contribution in [3.05, 3.63) is 64.8 Å². The summed E-state index contributed by atoms with van der Waals surface area (Å²) in [6.07, 6.45) is 0.907. The lowest BCUT2D eigenvalue weighted by Gasteiger charge is -2.41. The van der Waals surface area contributed by atoms with Gasteiger partial charge in [0, 0.05) is 61.9 Å². The molecule has 4 heterocycles. The summed E-state index contributed by atoms with van der Waals surface area (Å²) in [5.41, 5.74) is 5.78. The van der Waals surface area contributed by atoms with Crippen LogP contribution < -0.4 is 10.2 Å². The van der Waals surface area contributed by atoms with E-state index in [-0.39, 0.29) is 11.9 Å². The zero-order chi connectivity index (χ0) is 27.8. The molecule has 2 N–H and O–H groups in total. The van der Waals surface area contributed by atoms with Crippen LogP contribution >= 0.6 is 0 Å². The molecule has 1 atom stereocenters. The van der Waals surface area contributed by atoms with Crippen molar-refractivity contribution < 1.29 is 29.1 Å². The zero-order valence-electron chi connectivity index (χ0n) is 22.5. The number of hydroxylamine groups is 1. The summed E-state index contributed by atoms with van der Waals surface area (Å²) in [4.78, 5) is 43.2. The largest absolute Gasteiger partial charge is 0.494 e. The Bertz CT molecular complexity index is 1450. The summed E-state index contributed by atoms with van der Waals surface area (Å²) in [5, 5.41) is 9.88. The van der Waals surface area contributed by atoms with Gasteiger partial charge in [-0.2, -0.15) is 0 Å². The highest BCUT2D eigenvalue weighted by Crippen LogP contribution is 2.41. The van der Waals surface area contributed by atoms with Crippen LogP contribution in [0, 0.1) is 0 Å². The number of morpholine rings is 1. The molecule has 2 fully saturated rings. The minimum absolute atomic E-state index is 0.197. The van der Waals surface area contributed by atoms with Crippen molar-refractivity contribution in [3.8, 4) is 5.75 Å². The molecular weight excluding hydrogens is 514 g/mol. The molecule has 210 valence electrons. The molecule has 11 heteroatoms. The summed E-state index contributed by atoms with van der Waals surface area (Å²) in [6.45, 7) is 6.26. The number of imide groups is 1. The molecule has 4 amide bonds. The molecule has 1 aromatic heterocycles. The molecule has 0 spiro atoms. The van der Waals surface area contributed by atoms with Gasteiger partial charge in [0.25, 0.3) is 5.91 Å². The van der Waals surface area contributed by atoms with Crippen LogP contribution in [-0.4, -0.2) is 95.4 Å². The molecule has 2 aromatic carbocycles. The van der Waals surface area contributed by atoms with Gasteiger partial charge in [-0.3, -0.25) is 24.6 Å². The van der Waals surface area contributed by atoms with Gasteiger partial charge in [-0.15, -0.1) is 0 Å². The molecular formula is C29H33N5O6. The van der Waals surface area contributed by atoms with Crippen LogP contribution in [-0.2, 0) is 22.6 Å². The van der Waals surface area contributed by atoms with Gasteiger partial charge in [-0.25, -0.2) is 10.3 Å². The molecule has 3 aliphatic heterocycles. The van der Waals surface area contributed by atoms with E-state index in [1.165, 1.54) is 4.90 Å². The van der Waals surface area contributed by atoms with E-state index in [1.807, 2.05) is 30.3 Å². The van der Waals surface area contributed by atoms with Gasteiger partial charge in [0.2, 0.25) is 5.91 Å². The number of carbonyl (C=O) groups excluding carboxylic acids is 3. The number of hydrogen-bond donors (Lipinski definition) is 2. The van der Waals surface area contributed by atoms with Gasteiger partial charge in [-0.1, -0.05) is 12.1 Å². The number of ether oxygens (including phenoxy) is 2. The average Bonchev–Trinajstić information content (AvgIpc) is 3.30. The van der Waals surface area contributed by atoms with Gasteiger partial charge >= 0.3 is 6.03 Å². The van der Waals surface area contributed by atoms with Crippen LogP contribution in [0.2, 0.25) is 0 Å². The average molecular weight is 548 g/mol. The summed E-state index contributed by atoms with van der Waals surface area (Å²) in [5.74, 6) is -0.460. The highest BCUT2D eigenvalue weighted by molar-refractivity contribution is 6.04. The number of nitrogens with one attached hydrogen (secondary N) is 1. The SMILES string of the molecule is CN1C(=O)C2CN(Cc3c2c2cc(OCCCN4CCOCC4)ccc2n3Cc2ccc(C(=O)NO)cc2)C1=O. The molecule has 0 radical (unpaired) electrons. The topological polar surface area (TPSA) is 117 Å². The van der Waals surface area contributed by atoms with Crippen LogP contribution in [0.25, 0.3) is 10.9 Å². The second-order valence-corrected chi connectivity index (χ2v) is 10.5. The number of fused-ring (bicyclic) bond motifs is 6. The molecule has 1 unspecified atom stereocenters. The predicted octanol–water partition coefficient (Wildman–Crippen LogP) is 2.40. The van der Waals surface area contributed by atoms with E-state index in [0.29, 0.717) is 31.8 Å². The monoisotopic (exact) mass is 547 g/mol. The number of nitrogens with zero attached hydrogens (tertiary/aromatic N) is 4. The van der Waals surface area contributed by atoms with Gasteiger partial charge < -0.3 is 18.9 Å². The Kier molecular flexibility index (Phi) is 7.18. The third-order valence-electron chi connectivity index (χ3n) is 8.11. The number of benzene rings is 2. The highest BCUT2D eigenvalue weighted by Gasteiger charge is 2.44. The van der Waals surface area contributed by atoms with Crippen LogP contribution in [0.5, 0.6) is 5.75 Å². The Morgan fingerprint density at radius 1 is 1.12 bits per heavy atom. The quantitative estimate of drug-likeness (QED) is 0.253. The van der Waals surface area contributed by atoms with Crippen LogP contribution in [0.1, 0.15) is 39.5 Å². The van der Waals surface area contributed by atoms with Crippen molar-refractivity contribution in [3.63, 3.8) is 0 Å². The second-order valence-electron chi connectivity index (χ2n) is 10.5. The lowest BCUT2D eigenvalue weighted by molar-refractivity contribution is -0.132. The normalized spacial score (nSPS) is 19.2. The molecule has 3 aromatic rings. The number of urea groups is 1. The summed E-state index contributed by atoms with van der Waals surface area (Å²) < 4.78 is 13.7. The molecule has 0 aliphatic carbocycles. The van der Waals surface area contributed by atoms with Crippen molar-refractivity contribution in [2.45, 2.75) is 25.4 Å². The number of rotatable bonds is 8. The fourth-order valence-corrected chi connectivity index (χ4v) is 6.00. The van der Waals surface area contributed by atoms with Crippen molar-refractivity contribution in [2.75, 3.05) is 53.0 Å². The third kappa shape index (κ3) is 4.80. The minimum Gasteiger partial charge on any atom is -0.494 e. The van der Waals surface area contributed by atoms with Crippen molar-refractivity contribution >= 4 is 28.7 Å². The summed E-state index contributed by atoms with van der Waals surface area (Å²) >= 11 is 0. The first-order valence-electron chi connectivity index (χ1n) is 13.6. The first-order valence-corrected chi connectivity index (χ1v) is 13.6. The van der Waals surface area contributed by atoms with Gasteiger partial charge in [-0.05, 0) is 47.9 Å².